The summed E-state index contributed by atoms with van der Waals surface area (Å²) in [6.07, 6.45) is 1.51. The number of hydrogen-bond donors (Lipinski definition) is 1. The zero-order valence-corrected chi connectivity index (χ0v) is 13.9. The van der Waals surface area contributed by atoms with Crippen molar-refractivity contribution in [3.05, 3.63) is 35.4 Å². The molecule has 0 spiro atoms. The van der Waals surface area contributed by atoms with Crippen molar-refractivity contribution in [2.45, 2.75) is 51.1 Å². The third-order valence-electron chi connectivity index (χ3n) is 3.71. The molecular formula is C16H23NOSe. The Morgan fingerprint density at radius 3 is 2.53 bits per heavy atom. The van der Waals surface area contributed by atoms with Gasteiger partial charge in [-0.2, -0.15) is 0 Å². The van der Waals surface area contributed by atoms with E-state index in [0.29, 0.717) is 32.1 Å². The summed E-state index contributed by atoms with van der Waals surface area (Å²) in [4.78, 5) is 5.24. The predicted molar refractivity (Wildman–Crippen MR) is 81.9 cm³/mol. The van der Waals surface area contributed by atoms with Crippen molar-refractivity contribution in [3.8, 4) is 0 Å². The molecule has 1 aromatic carbocycles. The quantitative estimate of drug-likeness (QED) is 0.849. The van der Waals surface area contributed by atoms with Crippen molar-refractivity contribution in [2.75, 3.05) is 0 Å². The van der Waals surface area contributed by atoms with Gasteiger partial charge in [0.1, 0.15) is 0 Å². The Kier molecular flexibility index (Phi) is 4.50. The van der Waals surface area contributed by atoms with Gasteiger partial charge in [-0.25, -0.2) is 0 Å². The van der Waals surface area contributed by atoms with E-state index in [1.807, 2.05) is 6.92 Å². The van der Waals surface area contributed by atoms with Gasteiger partial charge in [0.05, 0.1) is 0 Å². The van der Waals surface area contributed by atoms with Gasteiger partial charge in [-0.3, -0.25) is 0 Å². The van der Waals surface area contributed by atoms with E-state index in [1.165, 1.54) is 11.1 Å². The third-order valence-corrected chi connectivity index (χ3v) is 6.99. The van der Waals surface area contributed by atoms with E-state index < -0.39 is 5.72 Å². The van der Waals surface area contributed by atoms with Gasteiger partial charge in [-0.15, -0.1) is 0 Å². The zero-order chi connectivity index (χ0) is 14.0. The van der Waals surface area contributed by atoms with Crippen molar-refractivity contribution >= 4 is 19.6 Å². The van der Waals surface area contributed by atoms with Crippen LogP contribution in [0.1, 0.15) is 44.7 Å². The minimum atomic E-state index is -0.852. The van der Waals surface area contributed by atoms with Crippen LogP contribution in [0.2, 0.25) is 4.82 Å². The molecule has 2 nitrogen and oxygen atoms in total. The fourth-order valence-corrected chi connectivity index (χ4v) is 5.14. The number of aryl methyl sites for hydroxylation is 1. The van der Waals surface area contributed by atoms with E-state index >= 15 is 0 Å². The molecule has 2 atom stereocenters. The van der Waals surface area contributed by atoms with E-state index in [0.717, 1.165) is 11.0 Å². The summed E-state index contributed by atoms with van der Waals surface area (Å²) in [6.45, 7) is 8.62. The number of hydrogen-bond acceptors (Lipinski definition) is 2. The maximum atomic E-state index is 10.6. The summed E-state index contributed by atoms with van der Waals surface area (Å²) in [7, 11) is 0. The first-order valence-electron chi connectivity index (χ1n) is 6.99. The number of benzene rings is 1. The molecule has 0 aromatic heterocycles. The Hall–Kier alpha value is -0.631. The topological polar surface area (TPSA) is 32.6 Å². The number of rotatable bonds is 3. The summed E-state index contributed by atoms with van der Waals surface area (Å²) in [5.74, 6) is 0.606. The summed E-state index contributed by atoms with van der Waals surface area (Å²) < 4.78 is 1.13. The van der Waals surface area contributed by atoms with E-state index in [1.54, 1.807) is 0 Å². The maximum absolute atomic E-state index is 10.6. The van der Waals surface area contributed by atoms with Crippen LogP contribution in [0.5, 0.6) is 0 Å². The molecular weight excluding hydrogens is 301 g/mol. The average molecular weight is 324 g/mol. The van der Waals surface area contributed by atoms with Gasteiger partial charge in [-0.05, 0) is 0 Å². The molecule has 0 saturated carbocycles. The Morgan fingerprint density at radius 2 is 2.00 bits per heavy atom. The van der Waals surface area contributed by atoms with E-state index in [-0.39, 0.29) is 0 Å². The second-order valence-corrected chi connectivity index (χ2v) is 8.30. The summed E-state index contributed by atoms with van der Waals surface area (Å²) in [6, 6.07) is 8.51. The van der Waals surface area contributed by atoms with Crippen molar-refractivity contribution < 1.29 is 5.11 Å². The molecule has 2 unspecified atom stereocenters. The molecule has 19 heavy (non-hydrogen) atoms. The van der Waals surface area contributed by atoms with Gasteiger partial charge in [0.25, 0.3) is 0 Å². The molecule has 3 heteroatoms. The fraction of sp³-hybridized carbons (Fsp3) is 0.562. The zero-order valence-electron chi connectivity index (χ0n) is 12.2. The molecule has 2 rings (SSSR count). The van der Waals surface area contributed by atoms with Crippen molar-refractivity contribution in [2.24, 2.45) is 10.9 Å². The Morgan fingerprint density at radius 1 is 1.37 bits per heavy atom. The first-order chi connectivity index (χ1) is 8.93. The van der Waals surface area contributed by atoms with E-state index in [4.69, 9.17) is 0 Å². The average Bonchev–Trinajstić information content (AvgIpc) is 2.39. The third kappa shape index (κ3) is 3.47. The van der Waals surface area contributed by atoms with Crippen LogP contribution >= 0.6 is 0 Å². The second kappa shape index (κ2) is 5.78. The molecule has 0 aliphatic carbocycles. The molecule has 1 aliphatic heterocycles. The first-order valence-corrected chi connectivity index (χ1v) is 8.84. The van der Waals surface area contributed by atoms with Crippen molar-refractivity contribution in [3.63, 3.8) is 0 Å². The van der Waals surface area contributed by atoms with E-state index in [9.17, 15) is 5.11 Å². The Bertz CT molecular complexity index is 466. The fourth-order valence-electron chi connectivity index (χ4n) is 2.19. The van der Waals surface area contributed by atoms with Gasteiger partial charge in [0, 0.05) is 0 Å². The SMILES string of the molecule is CCC1(O)CC(C(C)C)[Se]C(c2ccc(C)cc2)=N1. The van der Waals surface area contributed by atoms with Gasteiger partial charge in [0.15, 0.2) is 0 Å². The van der Waals surface area contributed by atoms with Crippen LogP contribution in [0.15, 0.2) is 29.3 Å². The van der Waals surface area contributed by atoms with Crippen LogP contribution in [0.4, 0.5) is 0 Å². The number of nitrogens with zero attached hydrogens (tertiary/aromatic N) is 1. The monoisotopic (exact) mass is 325 g/mol. The molecule has 0 saturated heterocycles. The van der Waals surface area contributed by atoms with Gasteiger partial charge >= 0.3 is 122 Å². The van der Waals surface area contributed by atoms with Crippen LogP contribution in [-0.2, 0) is 0 Å². The van der Waals surface area contributed by atoms with Gasteiger partial charge in [-0.1, -0.05) is 0 Å². The predicted octanol–water partition coefficient (Wildman–Crippen LogP) is 3.39. The number of aliphatic hydroxyl groups is 1. The minimum absolute atomic E-state index is 0.352. The molecule has 1 aliphatic rings. The molecule has 104 valence electrons. The van der Waals surface area contributed by atoms with Crippen LogP contribution < -0.4 is 0 Å². The summed E-state index contributed by atoms with van der Waals surface area (Å²) in [5, 5.41) is 10.6. The molecule has 0 amide bonds. The normalized spacial score (nSPS) is 27.5. The molecule has 0 fully saturated rings. The Labute approximate surface area is 122 Å². The van der Waals surface area contributed by atoms with Gasteiger partial charge in [0.2, 0.25) is 0 Å². The molecule has 1 heterocycles. The van der Waals surface area contributed by atoms with Gasteiger partial charge < -0.3 is 0 Å². The molecule has 0 radical (unpaired) electrons. The molecule has 0 bridgehead atoms. The first kappa shape index (κ1) is 14.8. The van der Waals surface area contributed by atoms with Crippen LogP contribution in [-0.4, -0.2) is 30.4 Å². The Balaban J connectivity index is 2.34. The summed E-state index contributed by atoms with van der Waals surface area (Å²) in [5.41, 5.74) is 1.59. The van der Waals surface area contributed by atoms with Crippen LogP contribution in [0, 0.1) is 12.8 Å². The van der Waals surface area contributed by atoms with Crippen molar-refractivity contribution in [1.29, 1.82) is 0 Å². The van der Waals surface area contributed by atoms with Crippen molar-refractivity contribution in [1.82, 2.24) is 0 Å². The van der Waals surface area contributed by atoms with E-state index in [2.05, 4.69) is 50.0 Å². The summed E-state index contributed by atoms with van der Waals surface area (Å²) >= 11 is 0.352. The number of aliphatic imine (C=N–C) groups is 1. The standard InChI is InChI=1S/C16H23NOSe/c1-5-16(18)10-14(11(2)3)19-15(17-16)13-8-6-12(4)7-9-13/h6-9,11,14,18H,5,10H2,1-4H3. The molecule has 1 N–H and O–H groups in total. The molecule has 1 aromatic rings. The van der Waals surface area contributed by atoms with Crippen LogP contribution in [0.25, 0.3) is 0 Å². The van der Waals surface area contributed by atoms with Crippen LogP contribution in [0.3, 0.4) is 0 Å². The second-order valence-electron chi connectivity index (χ2n) is 5.72.